The highest BCUT2D eigenvalue weighted by Crippen LogP contribution is 2.23. The van der Waals surface area contributed by atoms with Crippen LogP contribution in [-0.2, 0) is 9.53 Å². The number of methoxy groups -OCH3 is 1. The Balaban J connectivity index is 2.75. The van der Waals surface area contributed by atoms with Crippen LogP contribution in [-0.4, -0.2) is 19.2 Å². The summed E-state index contributed by atoms with van der Waals surface area (Å²) in [5.41, 5.74) is 0. The number of benzene rings is 1. The van der Waals surface area contributed by atoms with E-state index in [1.807, 2.05) is 6.92 Å². The molecule has 18 heavy (non-hydrogen) atoms. The zero-order valence-corrected chi connectivity index (χ0v) is 11.2. The SMILES string of the molecule is CCCCC(Oc1ccc(F)c(Cl)c1)C(=O)OC. The van der Waals surface area contributed by atoms with Gasteiger partial charge in [0.05, 0.1) is 12.1 Å². The molecule has 0 aliphatic carbocycles. The van der Waals surface area contributed by atoms with Gasteiger partial charge in [-0.15, -0.1) is 0 Å². The number of carbonyl (C=O) groups excluding carboxylic acids is 1. The molecule has 0 radical (unpaired) electrons. The molecule has 0 aliphatic heterocycles. The predicted molar refractivity (Wildman–Crippen MR) is 67.4 cm³/mol. The average molecular weight is 275 g/mol. The quantitative estimate of drug-likeness (QED) is 0.744. The lowest BCUT2D eigenvalue weighted by molar-refractivity contribution is -0.149. The van der Waals surface area contributed by atoms with E-state index in [0.717, 1.165) is 12.8 Å². The van der Waals surface area contributed by atoms with Crippen LogP contribution in [0, 0.1) is 5.82 Å². The molecular weight excluding hydrogens is 259 g/mol. The topological polar surface area (TPSA) is 35.5 Å². The summed E-state index contributed by atoms with van der Waals surface area (Å²) in [6.07, 6.45) is 1.66. The molecule has 0 saturated carbocycles. The first-order valence-electron chi connectivity index (χ1n) is 5.78. The van der Waals surface area contributed by atoms with E-state index in [2.05, 4.69) is 4.74 Å². The van der Waals surface area contributed by atoms with E-state index in [1.165, 1.54) is 25.3 Å². The van der Waals surface area contributed by atoms with E-state index >= 15 is 0 Å². The van der Waals surface area contributed by atoms with Gasteiger partial charge < -0.3 is 9.47 Å². The van der Waals surface area contributed by atoms with Crippen molar-refractivity contribution < 1.29 is 18.7 Å². The third-order valence-corrected chi connectivity index (χ3v) is 2.74. The highest BCUT2D eigenvalue weighted by atomic mass is 35.5. The Kier molecular flexibility index (Phi) is 5.92. The maximum atomic E-state index is 13.0. The van der Waals surface area contributed by atoms with E-state index in [9.17, 15) is 9.18 Å². The number of hydrogen-bond donors (Lipinski definition) is 0. The Bertz CT molecular complexity index is 409. The first-order chi connectivity index (χ1) is 8.58. The lowest BCUT2D eigenvalue weighted by atomic mass is 10.1. The summed E-state index contributed by atoms with van der Waals surface area (Å²) in [5, 5.41) is -0.0355. The Hall–Kier alpha value is -1.29. The molecule has 3 nitrogen and oxygen atoms in total. The maximum absolute atomic E-state index is 13.0. The molecule has 0 amide bonds. The number of carbonyl (C=O) groups is 1. The molecule has 100 valence electrons. The van der Waals surface area contributed by atoms with Crippen molar-refractivity contribution in [1.29, 1.82) is 0 Å². The number of esters is 1. The largest absolute Gasteiger partial charge is 0.479 e. The van der Waals surface area contributed by atoms with Gasteiger partial charge in [0.15, 0.2) is 6.10 Å². The monoisotopic (exact) mass is 274 g/mol. The van der Waals surface area contributed by atoms with Crippen molar-refractivity contribution in [3.05, 3.63) is 29.0 Å². The number of ether oxygens (including phenoxy) is 2. The minimum atomic E-state index is -0.684. The molecule has 1 aromatic carbocycles. The molecule has 0 bridgehead atoms. The fourth-order valence-electron chi connectivity index (χ4n) is 1.46. The summed E-state index contributed by atoms with van der Waals surface area (Å²) in [6, 6.07) is 3.98. The molecule has 0 heterocycles. The van der Waals surface area contributed by atoms with E-state index in [1.54, 1.807) is 0 Å². The maximum Gasteiger partial charge on any atom is 0.347 e. The van der Waals surface area contributed by atoms with Crippen LogP contribution in [0.15, 0.2) is 18.2 Å². The van der Waals surface area contributed by atoms with Crippen LogP contribution in [0.5, 0.6) is 5.75 Å². The van der Waals surface area contributed by atoms with Crippen molar-refractivity contribution in [3.8, 4) is 5.75 Å². The van der Waals surface area contributed by atoms with Crippen LogP contribution in [0.1, 0.15) is 26.2 Å². The molecule has 0 saturated heterocycles. The van der Waals surface area contributed by atoms with Gasteiger partial charge in [-0.2, -0.15) is 0 Å². The van der Waals surface area contributed by atoms with Crippen molar-refractivity contribution in [3.63, 3.8) is 0 Å². The van der Waals surface area contributed by atoms with Gasteiger partial charge in [0, 0.05) is 6.07 Å². The van der Waals surface area contributed by atoms with Gasteiger partial charge in [0.2, 0.25) is 0 Å². The standard InChI is InChI=1S/C13H16ClFO3/c1-3-4-5-12(13(16)17-2)18-9-6-7-11(15)10(14)8-9/h6-8,12H,3-5H2,1-2H3. The average Bonchev–Trinajstić information content (AvgIpc) is 2.37. The summed E-state index contributed by atoms with van der Waals surface area (Å²) < 4.78 is 23.1. The van der Waals surface area contributed by atoms with Gasteiger partial charge in [-0.1, -0.05) is 24.9 Å². The highest BCUT2D eigenvalue weighted by Gasteiger charge is 2.20. The molecule has 0 fully saturated rings. The summed E-state index contributed by atoms with van der Waals surface area (Å²) in [6.45, 7) is 2.02. The molecule has 1 aromatic rings. The second kappa shape index (κ2) is 7.21. The summed E-state index contributed by atoms with van der Waals surface area (Å²) in [5.74, 6) is -0.607. The van der Waals surface area contributed by atoms with Gasteiger partial charge in [0.1, 0.15) is 11.6 Å². The minimum absolute atomic E-state index is 0.0355. The first-order valence-corrected chi connectivity index (χ1v) is 6.15. The van der Waals surface area contributed by atoms with Gasteiger partial charge in [-0.25, -0.2) is 9.18 Å². The van der Waals surface area contributed by atoms with Crippen LogP contribution < -0.4 is 4.74 Å². The van der Waals surface area contributed by atoms with E-state index in [4.69, 9.17) is 16.3 Å². The first kappa shape index (κ1) is 14.8. The summed E-state index contributed by atoms with van der Waals surface area (Å²) in [4.78, 5) is 11.5. The third kappa shape index (κ3) is 4.18. The predicted octanol–water partition coefficient (Wildman–Crippen LogP) is 3.59. The van der Waals surface area contributed by atoms with Gasteiger partial charge >= 0.3 is 5.97 Å². The van der Waals surface area contributed by atoms with Crippen LogP contribution in [0.3, 0.4) is 0 Å². The Morgan fingerprint density at radius 1 is 1.50 bits per heavy atom. The van der Waals surface area contributed by atoms with E-state index in [0.29, 0.717) is 12.2 Å². The zero-order valence-electron chi connectivity index (χ0n) is 10.4. The van der Waals surface area contributed by atoms with Gasteiger partial charge in [-0.05, 0) is 25.0 Å². The zero-order chi connectivity index (χ0) is 13.5. The Labute approximate surface area is 111 Å². The second-order valence-electron chi connectivity index (χ2n) is 3.85. The molecule has 5 heteroatoms. The summed E-state index contributed by atoms with van der Waals surface area (Å²) in [7, 11) is 1.31. The number of rotatable bonds is 6. The Morgan fingerprint density at radius 2 is 2.22 bits per heavy atom. The van der Waals surface area contributed by atoms with Crippen molar-refractivity contribution in [2.75, 3.05) is 7.11 Å². The highest BCUT2D eigenvalue weighted by molar-refractivity contribution is 6.30. The van der Waals surface area contributed by atoms with E-state index in [-0.39, 0.29) is 5.02 Å². The molecular formula is C13H16ClFO3. The van der Waals surface area contributed by atoms with Crippen molar-refractivity contribution in [2.24, 2.45) is 0 Å². The van der Waals surface area contributed by atoms with Crippen molar-refractivity contribution in [2.45, 2.75) is 32.3 Å². The van der Waals surface area contributed by atoms with Crippen molar-refractivity contribution >= 4 is 17.6 Å². The van der Waals surface area contributed by atoms with Crippen LogP contribution in [0.4, 0.5) is 4.39 Å². The normalized spacial score (nSPS) is 12.0. The van der Waals surface area contributed by atoms with Crippen LogP contribution in [0.2, 0.25) is 5.02 Å². The third-order valence-electron chi connectivity index (χ3n) is 2.45. The van der Waals surface area contributed by atoms with Crippen LogP contribution >= 0.6 is 11.6 Å². The lowest BCUT2D eigenvalue weighted by Gasteiger charge is -2.16. The molecule has 1 atom stereocenters. The van der Waals surface area contributed by atoms with E-state index < -0.39 is 17.9 Å². The lowest BCUT2D eigenvalue weighted by Crippen LogP contribution is -2.28. The Morgan fingerprint density at radius 3 is 2.78 bits per heavy atom. The molecule has 0 spiro atoms. The summed E-state index contributed by atoms with van der Waals surface area (Å²) >= 11 is 5.64. The number of unbranched alkanes of at least 4 members (excludes halogenated alkanes) is 1. The smallest absolute Gasteiger partial charge is 0.347 e. The number of halogens is 2. The van der Waals surface area contributed by atoms with Crippen molar-refractivity contribution in [1.82, 2.24) is 0 Å². The van der Waals surface area contributed by atoms with Gasteiger partial charge in [-0.3, -0.25) is 0 Å². The van der Waals surface area contributed by atoms with Crippen LogP contribution in [0.25, 0.3) is 0 Å². The second-order valence-corrected chi connectivity index (χ2v) is 4.25. The molecule has 0 N–H and O–H groups in total. The molecule has 0 aromatic heterocycles. The number of hydrogen-bond acceptors (Lipinski definition) is 3. The fraction of sp³-hybridized carbons (Fsp3) is 0.462. The van der Waals surface area contributed by atoms with Gasteiger partial charge in [0.25, 0.3) is 0 Å². The molecule has 1 unspecified atom stereocenters. The molecule has 1 rings (SSSR count). The minimum Gasteiger partial charge on any atom is -0.479 e. The fourth-order valence-corrected chi connectivity index (χ4v) is 1.63. The molecule has 0 aliphatic rings.